The lowest BCUT2D eigenvalue weighted by Gasteiger charge is -2.32. The van der Waals surface area contributed by atoms with Gasteiger partial charge in [0.05, 0.1) is 38.9 Å². The molecule has 0 aliphatic carbocycles. The number of pyridine rings is 1. The number of nitrogens with zero attached hydrogens (tertiary/aromatic N) is 1. The highest BCUT2D eigenvalue weighted by molar-refractivity contribution is 8.00. The maximum Gasteiger partial charge on any atom is 0.496 e. The zero-order chi connectivity index (χ0) is 19.8. The van der Waals surface area contributed by atoms with E-state index in [4.69, 9.17) is 37.2 Å². The number of methoxy groups -OCH3 is 1. The van der Waals surface area contributed by atoms with Crippen LogP contribution < -0.4 is 14.9 Å². The van der Waals surface area contributed by atoms with Crippen LogP contribution in [0.15, 0.2) is 35.4 Å². The second kappa shape index (κ2) is 7.72. The highest BCUT2D eigenvalue weighted by atomic mass is 35.5. The Morgan fingerprint density at radius 2 is 1.81 bits per heavy atom. The van der Waals surface area contributed by atoms with E-state index in [1.54, 1.807) is 13.2 Å². The van der Waals surface area contributed by atoms with Crippen molar-refractivity contribution in [1.29, 1.82) is 0 Å². The van der Waals surface area contributed by atoms with Crippen LogP contribution in [0.25, 0.3) is 0 Å². The Hall–Kier alpha value is -1.12. The van der Waals surface area contributed by atoms with E-state index in [-0.39, 0.29) is 0 Å². The fourth-order valence-corrected chi connectivity index (χ4v) is 3.87. The van der Waals surface area contributed by atoms with E-state index in [0.29, 0.717) is 15.9 Å². The first-order valence-electron chi connectivity index (χ1n) is 8.41. The van der Waals surface area contributed by atoms with Crippen LogP contribution in [-0.4, -0.2) is 30.4 Å². The molecule has 2 aromatic rings. The summed E-state index contributed by atoms with van der Waals surface area (Å²) in [6.45, 7) is 8.04. The van der Waals surface area contributed by atoms with Gasteiger partial charge in [-0.15, -0.1) is 0 Å². The second-order valence-electron chi connectivity index (χ2n) is 7.16. The van der Waals surface area contributed by atoms with Crippen molar-refractivity contribution in [3.05, 3.63) is 40.5 Å². The minimum atomic E-state index is -0.531. The van der Waals surface area contributed by atoms with Gasteiger partial charge in [-0.3, -0.25) is 0 Å². The summed E-state index contributed by atoms with van der Waals surface area (Å²) in [7, 11) is 1.03. The molecule has 0 saturated carbocycles. The third kappa shape index (κ3) is 4.17. The fraction of sp³-hybridized carbons (Fsp3) is 0.389. The van der Waals surface area contributed by atoms with Gasteiger partial charge in [-0.2, -0.15) is 0 Å². The van der Waals surface area contributed by atoms with E-state index in [1.807, 2.05) is 45.9 Å². The molecule has 0 amide bonds. The monoisotopic (exact) mass is 426 g/mol. The van der Waals surface area contributed by atoms with Crippen molar-refractivity contribution < 1.29 is 14.0 Å². The summed E-state index contributed by atoms with van der Waals surface area (Å²) >= 11 is 14.0. The fourth-order valence-electron chi connectivity index (χ4n) is 2.53. The minimum absolute atomic E-state index is 0.432. The highest BCUT2D eigenvalue weighted by Gasteiger charge is 2.52. The van der Waals surface area contributed by atoms with Crippen LogP contribution in [0.1, 0.15) is 27.7 Å². The normalized spacial score (nSPS) is 17.8. The lowest BCUT2D eigenvalue weighted by molar-refractivity contribution is 0.00578. The SMILES string of the molecule is COc1ncc(Cl)cc1SNc1cccc(B2OC(C)(C)C(C)(C)O2)c1Cl. The molecule has 1 aliphatic heterocycles. The Kier molecular flexibility index (Phi) is 5.89. The van der Waals surface area contributed by atoms with Crippen molar-refractivity contribution >= 4 is 53.4 Å². The molecule has 5 nitrogen and oxygen atoms in total. The summed E-state index contributed by atoms with van der Waals surface area (Å²) in [6, 6.07) is 7.47. The van der Waals surface area contributed by atoms with Crippen LogP contribution in [0.2, 0.25) is 10.0 Å². The number of hydrogen-bond donors (Lipinski definition) is 1. The van der Waals surface area contributed by atoms with Gasteiger partial charge in [-0.1, -0.05) is 35.3 Å². The van der Waals surface area contributed by atoms with E-state index in [2.05, 4.69) is 9.71 Å². The molecule has 1 aromatic heterocycles. The number of rotatable bonds is 5. The summed E-state index contributed by atoms with van der Waals surface area (Å²) < 4.78 is 20.7. The standard InChI is InChI=1S/C18H21BCl2N2O3S/c1-17(2)18(3,4)26-19(25-17)12-7-6-8-13(15(12)21)23-27-14-9-11(20)10-22-16(14)24-5/h6-10,23H,1-5H3. The highest BCUT2D eigenvalue weighted by Crippen LogP contribution is 2.38. The van der Waals surface area contributed by atoms with E-state index in [1.165, 1.54) is 18.1 Å². The first-order valence-corrected chi connectivity index (χ1v) is 9.98. The first kappa shape index (κ1) is 20.6. The van der Waals surface area contributed by atoms with Gasteiger partial charge in [0.25, 0.3) is 0 Å². The summed E-state index contributed by atoms with van der Waals surface area (Å²) in [5.74, 6) is 0.482. The maximum atomic E-state index is 6.64. The van der Waals surface area contributed by atoms with Gasteiger partial charge in [0, 0.05) is 11.7 Å². The third-order valence-electron chi connectivity index (χ3n) is 4.78. The molecule has 0 atom stereocenters. The molecular weight excluding hydrogens is 406 g/mol. The topological polar surface area (TPSA) is 52.6 Å². The lowest BCUT2D eigenvalue weighted by Crippen LogP contribution is -2.41. The quantitative estimate of drug-likeness (QED) is 0.546. The van der Waals surface area contributed by atoms with E-state index in [0.717, 1.165) is 16.0 Å². The number of anilines is 1. The molecule has 3 rings (SSSR count). The van der Waals surface area contributed by atoms with Crippen LogP contribution in [0, 0.1) is 0 Å². The molecule has 0 unspecified atom stereocenters. The second-order valence-corrected chi connectivity index (χ2v) is 8.82. The largest absolute Gasteiger partial charge is 0.496 e. The zero-order valence-corrected chi connectivity index (χ0v) is 18.1. The molecular formula is C18H21BCl2N2O3S. The van der Waals surface area contributed by atoms with Crippen molar-refractivity contribution in [2.75, 3.05) is 11.8 Å². The zero-order valence-electron chi connectivity index (χ0n) is 15.8. The molecule has 1 fully saturated rings. The number of ether oxygens (including phenoxy) is 1. The summed E-state index contributed by atoms with van der Waals surface area (Å²) in [5.41, 5.74) is 0.644. The first-order chi connectivity index (χ1) is 12.6. The predicted molar refractivity (Wildman–Crippen MR) is 112 cm³/mol. The molecule has 9 heteroatoms. The summed E-state index contributed by atoms with van der Waals surface area (Å²) in [5, 5.41) is 1.06. The minimum Gasteiger partial charge on any atom is -0.480 e. The van der Waals surface area contributed by atoms with E-state index < -0.39 is 18.3 Å². The molecule has 0 bridgehead atoms. The van der Waals surface area contributed by atoms with E-state index >= 15 is 0 Å². The van der Waals surface area contributed by atoms with Gasteiger partial charge in [-0.05, 0) is 51.8 Å². The average Bonchev–Trinajstić information content (AvgIpc) is 2.81. The van der Waals surface area contributed by atoms with Crippen LogP contribution in [0.4, 0.5) is 5.69 Å². The van der Waals surface area contributed by atoms with E-state index in [9.17, 15) is 0 Å². The molecule has 1 N–H and O–H groups in total. The van der Waals surface area contributed by atoms with Crippen LogP contribution in [0.5, 0.6) is 5.88 Å². The van der Waals surface area contributed by atoms with Crippen LogP contribution in [-0.2, 0) is 9.31 Å². The number of nitrogens with one attached hydrogen (secondary N) is 1. The van der Waals surface area contributed by atoms with Crippen molar-refractivity contribution in [3.8, 4) is 5.88 Å². The van der Waals surface area contributed by atoms with Crippen molar-refractivity contribution in [3.63, 3.8) is 0 Å². The van der Waals surface area contributed by atoms with Gasteiger partial charge < -0.3 is 18.8 Å². The Bertz CT molecular complexity index is 835. The molecule has 1 aromatic carbocycles. The van der Waals surface area contributed by atoms with Crippen LogP contribution >= 0.6 is 35.1 Å². The smallest absolute Gasteiger partial charge is 0.480 e. The molecule has 1 aliphatic rings. The van der Waals surface area contributed by atoms with Crippen molar-refractivity contribution in [1.82, 2.24) is 4.98 Å². The third-order valence-corrected chi connectivity index (χ3v) is 6.25. The average molecular weight is 427 g/mol. The Labute approximate surface area is 174 Å². The summed E-state index contributed by atoms with van der Waals surface area (Å²) in [6.07, 6.45) is 1.54. The Morgan fingerprint density at radius 1 is 1.15 bits per heavy atom. The van der Waals surface area contributed by atoms with Gasteiger partial charge >= 0.3 is 7.12 Å². The number of aromatic nitrogens is 1. The molecule has 2 heterocycles. The lowest BCUT2D eigenvalue weighted by atomic mass is 9.79. The number of benzene rings is 1. The van der Waals surface area contributed by atoms with Gasteiger partial charge in [-0.25, -0.2) is 4.98 Å². The van der Waals surface area contributed by atoms with Crippen LogP contribution in [0.3, 0.4) is 0 Å². The Balaban J connectivity index is 1.81. The maximum absolute atomic E-state index is 6.64. The van der Waals surface area contributed by atoms with Crippen molar-refractivity contribution in [2.45, 2.75) is 43.8 Å². The molecule has 1 saturated heterocycles. The van der Waals surface area contributed by atoms with Gasteiger partial charge in [0.1, 0.15) is 0 Å². The molecule has 144 valence electrons. The van der Waals surface area contributed by atoms with Gasteiger partial charge in [0.15, 0.2) is 0 Å². The summed E-state index contributed by atoms with van der Waals surface area (Å²) in [4.78, 5) is 4.91. The number of halogens is 2. The van der Waals surface area contributed by atoms with Gasteiger partial charge in [0.2, 0.25) is 5.88 Å². The number of hydrogen-bond acceptors (Lipinski definition) is 6. The predicted octanol–water partition coefficient (Wildman–Crippen LogP) is 4.82. The van der Waals surface area contributed by atoms with Crippen molar-refractivity contribution in [2.24, 2.45) is 0 Å². The Morgan fingerprint density at radius 3 is 2.44 bits per heavy atom. The molecule has 0 spiro atoms. The molecule has 27 heavy (non-hydrogen) atoms. The molecule has 0 radical (unpaired) electrons.